The van der Waals surface area contributed by atoms with Crippen LogP contribution in [0.25, 0.3) is 94.7 Å². The molecule has 10 rings (SSSR count). The van der Waals surface area contributed by atoms with Gasteiger partial charge < -0.3 is 9.52 Å². The van der Waals surface area contributed by atoms with Gasteiger partial charge in [0.1, 0.15) is 28.4 Å². The summed E-state index contributed by atoms with van der Waals surface area (Å²) in [5.74, 6) is 0.645. The third-order valence-electron chi connectivity index (χ3n) is 9.86. The number of pyridine rings is 1. The van der Waals surface area contributed by atoms with Crippen LogP contribution in [0.2, 0.25) is 0 Å². The summed E-state index contributed by atoms with van der Waals surface area (Å²) >= 11 is 0. The molecule has 0 saturated heterocycles. The number of phenols is 1. The van der Waals surface area contributed by atoms with E-state index >= 15 is 0 Å². The SMILES string of the molecule is Oc1cc2oc3ccccc3c2cc1-c1nc(-c2nc(-c3[c-]cccc3)cc3ccccc23)cn1-c1c(-c2ccccc2)cccc1-c1ccccc1.[Pt]. The zero-order valence-corrected chi connectivity index (χ0v) is 31.0. The molecule has 260 valence electrons. The number of benzene rings is 7. The number of furan rings is 1. The summed E-state index contributed by atoms with van der Waals surface area (Å²) in [7, 11) is 0. The second kappa shape index (κ2) is 13.8. The Hall–Kier alpha value is -6.55. The number of para-hydroxylation sites is 2. The average Bonchev–Trinajstić information content (AvgIpc) is 3.82. The number of nitrogens with zero attached hydrogens (tertiary/aromatic N) is 3. The Bertz CT molecular complexity index is 2900. The predicted molar refractivity (Wildman–Crippen MR) is 214 cm³/mol. The van der Waals surface area contributed by atoms with Gasteiger partial charge in [-0.05, 0) is 34.3 Å². The van der Waals surface area contributed by atoms with Crippen molar-refractivity contribution in [2.45, 2.75) is 0 Å². The molecule has 10 aromatic rings. The minimum Gasteiger partial charge on any atom is -0.507 e. The molecule has 0 radical (unpaired) electrons. The molecule has 0 amide bonds. The Kier molecular flexibility index (Phi) is 8.49. The summed E-state index contributed by atoms with van der Waals surface area (Å²) in [5, 5.41) is 15.7. The van der Waals surface area contributed by atoms with Gasteiger partial charge in [-0.2, -0.15) is 0 Å². The predicted octanol–water partition coefficient (Wildman–Crippen LogP) is 12.2. The first-order chi connectivity index (χ1) is 26.2. The maximum atomic E-state index is 11.8. The molecule has 0 aliphatic heterocycles. The Morgan fingerprint density at radius 2 is 1.20 bits per heavy atom. The van der Waals surface area contributed by atoms with Crippen LogP contribution in [-0.4, -0.2) is 19.6 Å². The molecule has 0 saturated carbocycles. The summed E-state index contributed by atoms with van der Waals surface area (Å²) in [4.78, 5) is 10.7. The van der Waals surface area contributed by atoms with Crippen LogP contribution < -0.4 is 0 Å². The third-order valence-corrected chi connectivity index (χ3v) is 9.86. The quantitative estimate of drug-likeness (QED) is 0.169. The van der Waals surface area contributed by atoms with Crippen LogP contribution in [0.3, 0.4) is 0 Å². The van der Waals surface area contributed by atoms with Crippen molar-refractivity contribution in [2.75, 3.05) is 0 Å². The Morgan fingerprint density at radius 1 is 0.537 bits per heavy atom. The molecule has 0 atom stereocenters. The molecule has 3 aromatic heterocycles. The van der Waals surface area contributed by atoms with Crippen LogP contribution in [0.5, 0.6) is 5.75 Å². The van der Waals surface area contributed by atoms with E-state index in [0.717, 1.165) is 72.0 Å². The number of phenolic OH excluding ortho intramolecular Hbond substituents is 1. The summed E-state index contributed by atoms with van der Waals surface area (Å²) in [5.41, 5.74) is 10.2. The Labute approximate surface area is 326 Å². The smallest absolute Gasteiger partial charge is 0.149 e. The van der Waals surface area contributed by atoms with Crippen molar-refractivity contribution in [2.24, 2.45) is 0 Å². The molecule has 0 aliphatic carbocycles. The molecule has 3 heterocycles. The van der Waals surface area contributed by atoms with Crippen molar-refractivity contribution in [3.05, 3.63) is 182 Å². The van der Waals surface area contributed by atoms with Crippen molar-refractivity contribution < 1.29 is 30.6 Å². The normalized spacial score (nSPS) is 11.3. The van der Waals surface area contributed by atoms with Crippen molar-refractivity contribution in [3.63, 3.8) is 0 Å². The second-order valence-corrected chi connectivity index (χ2v) is 13.1. The van der Waals surface area contributed by atoms with E-state index in [-0.39, 0.29) is 26.8 Å². The number of fused-ring (bicyclic) bond motifs is 4. The maximum absolute atomic E-state index is 11.8. The van der Waals surface area contributed by atoms with Crippen LogP contribution in [0.15, 0.2) is 180 Å². The molecule has 0 aliphatic rings. The van der Waals surface area contributed by atoms with Crippen LogP contribution in [-0.2, 0) is 21.1 Å². The van der Waals surface area contributed by atoms with Gasteiger partial charge >= 0.3 is 0 Å². The molecule has 6 heteroatoms. The van der Waals surface area contributed by atoms with E-state index in [1.807, 2.05) is 78.9 Å². The van der Waals surface area contributed by atoms with Gasteiger partial charge in [-0.1, -0.05) is 127 Å². The molecule has 0 fully saturated rings. The topological polar surface area (TPSA) is 64.1 Å². The number of rotatable bonds is 6. The fraction of sp³-hybridized carbons (Fsp3) is 0. The van der Waals surface area contributed by atoms with E-state index in [4.69, 9.17) is 14.4 Å². The number of hydrogen-bond acceptors (Lipinski definition) is 4. The van der Waals surface area contributed by atoms with Gasteiger partial charge in [0.2, 0.25) is 0 Å². The molecule has 7 aromatic carbocycles. The van der Waals surface area contributed by atoms with Crippen LogP contribution in [0.4, 0.5) is 0 Å². The van der Waals surface area contributed by atoms with Crippen LogP contribution >= 0.6 is 0 Å². The standard InChI is InChI=1S/C48H30N3O2.Pt/c52-43-29-45-39(38-23-12-13-26-44(38)53-45)28-40(43)48-50-42(46-35-22-11-10-21-34(35)27-41(49-46)33-19-8-3-9-20-33)30-51(48)47-36(31-15-4-1-5-16-31)24-14-25-37(47)32-17-6-2-7-18-32;/h1-19,21-30,52H;/q-1;. The van der Waals surface area contributed by atoms with Crippen molar-refractivity contribution >= 4 is 32.7 Å². The van der Waals surface area contributed by atoms with Gasteiger partial charge in [0.15, 0.2) is 0 Å². The first kappa shape index (κ1) is 33.3. The van der Waals surface area contributed by atoms with E-state index in [0.29, 0.717) is 22.7 Å². The van der Waals surface area contributed by atoms with E-state index in [2.05, 4.69) is 102 Å². The molecule has 0 spiro atoms. The minimum absolute atomic E-state index is 0. The van der Waals surface area contributed by atoms with E-state index in [9.17, 15) is 5.11 Å². The second-order valence-electron chi connectivity index (χ2n) is 13.1. The molecule has 1 N–H and O–H groups in total. The van der Waals surface area contributed by atoms with Crippen molar-refractivity contribution in [3.8, 4) is 67.7 Å². The summed E-state index contributed by atoms with van der Waals surface area (Å²) in [6, 6.07) is 60.4. The first-order valence-corrected chi connectivity index (χ1v) is 17.5. The fourth-order valence-electron chi connectivity index (χ4n) is 7.38. The Morgan fingerprint density at radius 3 is 1.93 bits per heavy atom. The maximum Gasteiger partial charge on any atom is 0.149 e. The van der Waals surface area contributed by atoms with Gasteiger partial charge in [0, 0.05) is 60.6 Å². The van der Waals surface area contributed by atoms with Gasteiger partial charge in [-0.25, -0.2) is 4.98 Å². The summed E-state index contributed by atoms with van der Waals surface area (Å²) < 4.78 is 8.30. The van der Waals surface area contributed by atoms with E-state index in [1.165, 1.54) is 0 Å². The van der Waals surface area contributed by atoms with Gasteiger partial charge in [-0.15, -0.1) is 35.9 Å². The molecule has 0 unspecified atom stereocenters. The molecule has 54 heavy (non-hydrogen) atoms. The van der Waals surface area contributed by atoms with Gasteiger partial charge in [0.25, 0.3) is 0 Å². The summed E-state index contributed by atoms with van der Waals surface area (Å²) in [6.07, 6.45) is 2.06. The monoisotopic (exact) mass is 875 g/mol. The van der Waals surface area contributed by atoms with Gasteiger partial charge in [0.05, 0.1) is 16.9 Å². The number of hydrogen-bond donors (Lipinski definition) is 1. The van der Waals surface area contributed by atoms with Crippen LogP contribution in [0.1, 0.15) is 0 Å². The fourth-order valence-corrected chi connectivity index (χ4v) is 7.38. The molecule has 5 nitrogen and oxygen atoms in total. The number of imidazole rings is 1. The zero-order chi connectivity index (χ0) is 35.3. The summed E-state index contributed by atoms with van der Waals surface area (Å²) in [6.45, 7) is 0. The van der Waals surface area contributed by atoms with E-state index in [1.54, 1.807) is 6.07 Å². The molecular weight excluding hydrogens is 846 g/mol. The molecular formula is C48H30N3O2Pt-. The average molecular weight is 876 g/mol. The minimum atomic E-state index is 0. The van der Waals surface area contributed by atoms with Crippen molar-refractivity contribution in [1.29, 1.82) is 0 Å². The third kappa shape index (κ3) is 5.71. The number of aromatic nitrogens is 3. The first-order valence-electron chi connectivity index (χ1n) is 17.5. The van der Waals surface area contributed by atoms with E-state index < -0.39 is 0 Å². The van der Waals surface area contributed by atoms with Crippen molar-refractivity contribution in [1.82, 2.24) is 14.5 Å². The largest absolute Gasteiger partial charge is 0.507 e. The number of aromatic hydroxyl groups is 1. The Balaban J connectivity index is 0.00000384. The molecule has 0 bridgehead atoms. The zero-order valence-electron chi connectivity index (χ0n) is 28.8. The van der Waals surface area contributed by atoms with Crippen LogP contribution in [0, 0.1) is 6.07 Å². The van der Waals surface area contributed by atoms with Gasteiger partial charge in [-0.3, -0.25) is 9.55 Å².